The molecule has 2 rings (SSSR count). The summed E-state index contributed by atoms with van der Waals surface area (Å²) in [5, 5.41) is 0. The molecule has 0 saturated carbocycles. The molecule has 0 radical (unpaired) electrons. The van der Waals surface area contributed by atoms with E-state index in [-0.39, 0.29) is 6.09 Å². The topological polar surface area (TPSA) is 84.8 Å². The Bertz CT molecular complexity index is 701. The van der Waals surface area contributed by atoms with E-state index >= 15 is 0 Å². The third kappa shape index (κ3) is 7.52. The average Bonchev–Trinajstić information content (AvgIpc) is 2.64. The molecule has 0 aromatic heterocycles. The number of carbonyl (C=O) groups is 1. The van der Waals surface area contributed by atoms with Crippen molar-refractivity contribution in [2.24, 2.45) is 17.4 Å². The first-order valence-electron chi connectivity index (χ1n) is 10.6. The van der Waals surface area contributed by atoms with Crippen LogP contribution in [-0.2, 0) is 4.74 Å². The average molecular weight is 403 g/mol. The van der Waals surface area contributed by atoms with Crippen molar-refractivity contribution in [3.05, 3.63) is 47.1 Å². The molecule has 6 nitrogen and oxygen atoms in total. The Morgan fingerprint density at radius 3 is 2.38 bits per heavy atom. The summed E-state index contributed by atoms with van der Waals surface area (Å²) in [5.74, 6) is 0.447. The Balaban J connectivity index is 2.04. The van der Waals surface area contributed by atoms with Crippen LogP contribution in [0, 0.1) is 5.92 Å². The van der Waals surface area contributed by atoms with Gasteiger partial charge < -0.3 is 21.1 Å². The minimum absolute atomic E-state index is 0.264. The molecule has 2 aliphatic rings. The summed E-state index contributed by atoms with van der Waals surface area (Å²) in [7, 11) is 0. The first-order chi connectivity index (χ1) is 13.5. The largest absolute Gasteiger partial charge is 0.443 e. The van der Waals surface area contributed by atoms with Crippen LogP contribution < -0.4 is 11.5 Å². The zero-order valence-corrected chi connectivity index (χ0v) is 18.7. The standard InChI is InChI=1S/C23H38N4O2/c1-17(24)6-7-18(2)26-14-12-19(13-15-26)16-27(22(28)29-23(3,4)5)21-10-8-20(25)9-11-21/h6-8,10,19H,9,11-16,24-25H2,1-5H3/b17-6+,18-7+. The maximum atomic E-state index is 12.9. The van der Waals surface area contributed by atoms with E-state index in [9.17, 15) is 4.79 Å². The van der Waals surface area contributed by atoms with Gasteiger partial charge in [0.15, 0.2) is 0 Å². The molecule has 0 spiro atoms. The van der Waals surface area contributed by atoms with E-state index in [1.807, 2.05) is 50.8 Å². The number of piperidine rings is 1. The van der Waals surface area contributed by atoms with Crippen LogP contribution in [0.3, 0.4) is 0 Å². The van der Waals surface area contributed by atoms with Gasteiger partial charge in [0.05, 0.1) is 0 Å². The van der Waals surface area contributed by atoms with Crippen molar-refractivity contribution in [1.82, 2.24) is 9.80 Å². The van der Waals surface area contributed by atoms with Crippen LogP contribution in [0.2, 0.25) is 0 Å². The number of amides is 1. The highest BCUT2D eigenvalue weighted by molar-refractivity contribution is 5.70. The zero-order valence-electron chi connectivity index (χ0n) is 18.7. The Morgan fingerprint density at radius 2 is 1.86 bits per heavy atom. The van der Waals surface area contributed by atoms with Crippen molar-refractivity contribution in [3.8, 4) is 0 Å². The lowest BCUT2D eigenvalue weighted by atomic mass is 9.95. The highest BCUT2D eigenvalue weighted by atomic mass is 16.6. The second-order valence-corrected chi connectivity index (χ2v) is 9.14. The second kappa shape index (κ2) is 9.90. The lowest BCUT2D eigenvalue weighted by Gasteiger charge is -2.37. The van der Waals surface area contributed by atoms with E-state index in [1.54, 1.807) is 0 Å². The number of carbonyl (C=O) groups excluding carboxylic acids is 1. The molecular weight excluding hydrogens is 364 g/mol. The number of nitrogens with two attached hydrogens (primary N) is 2. The molecule has 0 aromatic rings. The van der Waals surface area contributed by atoms with Gasteiger partial charge in [-0.25, -0.2) is 4.79 Å². The first kappa shape index (κ1) is 22.9. The van der Waals surface area contributed by atoms with Gasteiger partial charge in [0, 0.05) is 42.4 Å². The second-order valence-electron chi connectivity index (χ2n) is 9.14. The summed E-state index contributed by atoms with van der Waals surface area (Å²) in [6.07, 6.45) is 11.3. The monoisotopic (exact) mass is 402 g/mol. The van der Waals surface area contributed by atoms with Crippen LogP contribution in [0.4, 0.5) is 4.79 Å². The minimum atomic E-state index is -0.515. The van der Waals surface area contributed by atoms with Crippen LogP contribution in [0.25, 0.3) is 0 Å². The lowest BCUT2D eigenvalue weighted by molar-refractivity contribution is 0.0263. The quantitative estimate of drug-likeness (QED) is 0.673. The lowest BCUT2D eigenvalue weighted by Crippen LogP contribution is -2.42. The van der Waals surface area contributed by atoms with E-state index in [4.69, 9.17) is 16.2 Å². The Morgan fingerprint density at radius 1 is 1.21 bits per heavy atom. The van der Waals surface area contributed by atoms with Crippen molar-refractivity contribution in [2.75, 3.05) is 19.6 Å². The van der Waals surface area contributed by atoms with Crippen LogP contribution in [0.15, 0.2) is 47.1 Å². The van der Waals surface area contributed by atoms with Gasteiger partial charge in [0.1, 0.15) is 5.60 Å². The Kier molecular flexibility index (Phi) is 7.82. The fraction of sp³-hybridized carbons (Fsp3) is 0.609. The van der Waals surface area contributed by atoms with Gasteiger partial charge in [0.25, 0.3) is 0 Å². The molecule has 0 unspecified atom stereocenters. The van der Waals surface area contributed by atoms with Crippen molar-refractivity contribution in [2.45, 2.75) is 65.9 Å². The number of allylic oxidation sites excluding steroid dienone is 8. The SMILES string of the molecule is C/C(N)=C\C=C(/C)N1CCC(CN(C(=O)OC(C)(C)C)C2=CC=C(N)CC2)CC1. The molecule has 0 atom stereocenters. The molecule has 0 bridgehead atoms. The third-order valence-electron chi connectivity index (χ3n) is 5.26. The van der Waals surface area contributed by atoms with Gasteiger partial charge >= 0.3 is 6.09 Å². The summed E-state index contributed by atoms with van der Waals surface area (Å²) in [5.41, 5.74) is 15.0. The molecule has 29 heavy (non-hydrogen) atoms. The summed E-state index contributed by atoms with van der Waals surface area (Å²) in [6.45, 7) is 12.4. The molecule has 1 heterocycles. The summed E-state index contributed by atoms with van der Waals surface area (Å²) in [6, 6.07) is 0. The molecule has 0 aromatic carbocycles. The molecule has 162 valence electrons. The normalized spacial score (nSPS) is 19.6. The zero-order chi connectivity index (χ0) is 21.6. The number of rotatable bonds is 5. The Labute approximate surface area is 175 Å². The minimum Gasteiger partial charge on any atom is -0.443 e. The highest BCUT2D eigenvalue weighted by Gasteiger charge is 2.29. The molecule has 1 aliphatic carbocycles. The van der Waals surface area contributed by atoms with Crippen LogP contribution in [0.1, 0.15) is 60.3 Å². The van der Waals surface area contributed by atoms with Crippen molar-refractivity contribution in [3.63, 3.8) is 0 Å². The van der Waals surface area contributed by atoms with E-state index in [1.165, 1.54) is 5.70 Å². The van der Waals surface area contributed by atoms with Gasteiger partial charge in [-0.2, -0.15) is 0 Å². The van der Waals surface area contributed by atoms with Crippen molar-refractivity contribution >= 4 is 6.09 Å². The van der Waals surface area contributed by atoms with Crippen molar-refractivity contribution < 1.29 is 9.53 Å². The van der Waals surface area contributed by atoms with Gasteiger partial charge in [0.2, 0.25) is 0 Å². The number of nitrogens with zero attached hydrogens (tertiary/aromatic N) is 2. The van der Waals surface area contributed by atoms with Crippen LogP contribution in [0.5, 0.6) is 0 Å². The van der Waals surface area contributed by atoms with Gasteiger partial charge in [-0.1, -0.05) is 0 Å². The molecule has 1 aliphatic heterocycles. The van der Waals surface area contributed by atoms with Gasteiger partial charge in [-0.15, -0.1) is 0 Å². The van der Waals surface area contributed by atoms with E-state index in [2.05, 4.69) is 17.9 Å². The molecule has 1 fully saturated rings. The predicted octanol–water partition coefficient (Wildman–Crippen LogP) is 4.22. The smallest absolute Gasteiger partial charge is 0.414 e. The Hall–Kier alpha value is -2.37. The fourth-order valence-electron chi connectivity index (χ4n) is 3.58. The van der Waals surface area contributed by atoms with E-state index in [0.29, 0.717) is 12.5 Å². The summed E-state index contributed by atoms with van der Waals surface area (Å²) in [4.78, 5) is 17.1. The van der Waals surface area contributed by atoms with E-state index < -0.39 is 5.60 Å². The predicted molar refractivity (Wildman–Crippen MR) is 119 cm³/mol. The number of likely N-dealkylation sites (tertiary alicyclic amines) is 1. The highest BCUT2D eigenvalue weighted by Crippen LogP contribution is 2.27. The fourth-order valence-corrected chi connectivity index (χ4v) is 3.58. The van der Waals surface area contributed by atoms with Gasteiger partial charge in [-0.3, -0.25) is 4.90 Å². The van der Waals surface area contributed by atoms with Crippen LogP contribution in [-0.4, -0.2) is 41.1 Å². The first-order valence-corrected chi connectivity index (χ1v) is 10.6. The summed E-state index contributed by atoms with van der Waals surface area (Å²) < 4.78 is 5.69. The van der Waals surface area contributed by atoms with Crippen LogP contribution >= 0.6 is 0 Å². The number of hydrogen-bond acceptors (Lipinski definition) is 5. The third-order valence-corrected chi connectivity index (χ3v) is 5.26. The summed E-state index contributed by atoms with van der Waals surface area (Å²) >= 11 is 0. The maximum Gasteiger partial charge on any atom is 0.414 e. The number of hydrogen-bond donors (Lipinski definition) is 2. The molecule has 6 heteroatoms. The van der Waals surface area contributed by atoms with E-state index in [0.717, 1.165) is 55.9 Å². The molecule has 1 saturated heterocycles. The molecule has 4 N–H and O–H groups in total. The maximum absolute atomic E-state index is 12.9. The molecule has 1 amide bonds. The molecular formula is C23H38N4O2. The van der Waals surface area contributed by atoms with Crippen molar-refractivity contribution in [1.29, 1.82) is 0 Å². The number of ether oxygens (including phenoxy) is 1. The van der Waals surface area contributed by atoms with Gasteiger partial charge in [-0.05, 0) is 90.5 Å².